The van der Waals surface area contributed by atoms with E-state index < -0.39 is 11.7 Å². The molecule has 0 aliphatic heterocycles. The average molecular weight is 294 g/mol. The maximum Gasteiger partial charge on any atom is 0.132 e. The van der Waals surface area contributed by atoms with Crippen molar-refractivity contribution in [1.29, 1.82) is 5.26 Å². The zero-order chi connectivity index (χ0) is 12.4. The van der Waals surface area contributed by atoms with E-state index in [1.807, 2.05) is 0 Å². The maximum atomic E-state index is 13.7. The maximum absolute atomic E-state index is 13.7. The smallest absolute Gasteiger partial charge is 0.132 e. The molecule has 86 valence electrons. The van der Waals surface area contributed by atoms with E-state index in [0.29, 0.717) is 11.4 Å². The van der Waals surface area contributed by atoms with Crippen LogP contribution in [0.3, 0.4) is 0 Å². The number of hydrogen-bond donors (Lipinski definition) is 0. The molecular formula is C12H9BrFN3. The number of halogens is 2. The van der Waals surface area contributed by atoms with Crippen molar-refractivity contribution < 1.29 is 4.39 Å². The first kappa shape index (κ1) is 11.8. The summed E-state index contributed by atoms with van der Waals surface area (Å²) >= 11 is 3.27. The number of rotatable bonds is 2. The van der Waals surface area contributed by atoms with Crippen LogP contribution in [0, 0.1) is 17.1 Å². The number of imidazole rings is 1. The molecule has 0 aliphatic carbocycles. The third kappa shape index (κ3) is 2.22. The zero-order valence-corrected chi connectivity index (χ0v) is 10.6. The summed E-state index contributed by atoms with van der Waals surface area (Å²) in [4.78, 5) is 4.09. The molecule has 0 N–H and O–H groups in total. The van der Waals surface area contributed by atoms with Crippen molar-refractivity contribution in [2.75, 3.05) is 0 Å². The fourth-order valence-corrected chi connectivity index (χ4v) is 2.04. The van der Waals surface area contributed by atoms with E-state index in [0.717, 1.165) is 4.47 Å². The third-order valence-corrected chi connectivity index (χ3v) is 3.01. The van der Waals surface area contributed by atoms with Crippen LogP contribution in [0.15, 0.2) is 35.1 Å². The van der Waals surface area contributed by atoms with E-state index in [9.17, 15) is 9.65 Å². The molecule has 0 amide bonds. The fraction of sp³-hybridized carbons (Fsp3) is 0.167. The summed E-state index contributed by atoms with van der Waals surface area (Å²) in [6.45, 7) is 0. The van der Waals surface area contributed by atoms with Crippen molar-refractivity contribution in [3.63, 3.8) is 0 Å². The highest BCUT2D eigenvalue weighted by atomic mass is 79.9. The third-order valence-electron chi connectivity index (χ3n) is 2.51. The minimum Gasteiger partial charge on any atom is -0.337 e. The Morgan fingerprint density at radius 2 is 2.29 bits per heavy atom. The number of benzene rings is 1. The summed E-state index contributed by atoms with van der Waals surface area (Å²) in [6.07, 6.45) is 3.32. The van der Waals surface area contributed by atoms with Gasteiger partial charge in [-0.05, 0) is 18.2 Å². The number of aryl methyl sites for hydroxylation is 1. The fourth-order valence-electron chi connectivity index (χ4n) is 1.66. The summed E-state index contributed by atoms with van der Waals surface area (Å²) in [5, 5.41) is 9.21. The Kier molecular flexibility index (Phi) is 3.25. The monoisotopic (exact) mass is 293 g/mol. The van der Waals surface area contributed by atoms with E-state index in [2.05, 4.69) is 27.0 Å². The molecule has 0 spiro atoms. The molecule has 1 aromatic carbocycles. The zero-order valence-electron chi connectivity index (χ0n) is 9.06. The van der Waals surface area contributed by atoms with Crippen molar-refractivity contribution in [2.24, 2.45) is 7.05 Å². The molecule has 0 bridgehead atoms. The lowest BCUT2D eigenvalue weighted by Crippen LogP contribution is -2.07. The van der Waals surface area contributed by atoms with Gasteiger partial charge in [0.25, 0.3) is 0 Å². The van der Waals surface area contributed by atoms with Gasteiger partial charge in [0.1, 0.15) is 17.6 Å². The van der Waals surface area contributed by atoms with E-state index >= 15 is 0 Å². The highest BCUT2D eigenvalue weighted by Gasteiger charge is 2.21. The van der Waals surface area contributed by atoms with Gasteiger partial charge in [0, 0.05) is 29.5 Å². The standard InChI is InChI=1S/C12H9BrFN3/c1-17-5-4-16-12(17)10(7-15)9-6-8(13)2-3-11(9)14/h2-6,10H,1H3. The minimum absolute atomic E-state index is 0.330. The Labute approximate surface area is 107 Å². The Bertz CT molecular complexity index is 586. The molecule has 5 heteroatoms. The van der Waals surface area contributed by atoms with Crippen molar-refractivity contribution in [2.45, 2.75) is 5.92 Å². The molecule has 2 aromatic rings. The molecule has 0 aliphatic rings. The number of nitrogens with zero attached hydrogens (tertiary/aromatic N) is 3. The first-order chi connectivity index (χ1) is 8.13. The topological polar surface area (TPSA) is 41.6 Å². The lowest BCUT2D eigenvalue weighted by molar-refractivity contribution is 0.603. The van der Waals surface area contributed by atoms with Crippen LogP contribution >= 0.6 is 15.9 Å². The minimum atomic E-state index is -0.701. The second-order valence-corrected chi connectivity index (χ2v) is 4.54. The Hall–Kier alpha value is -1.67. The van der Waals surface area contributed by atoms with E-state index in [-0.39, 0.29) is 0 Å². The van der Waals surface area contributed by atoms with Crippen LogP contribution in [0.2, 0.25) is 0 Å². The van der Waals surface area contributed by atoms with Gasteiger partial charge in [-0.25, -0.2) is 9.37 Å². The van der Waals surface area contributed by atoms with E-state index in [1.54, 1.807) is 36.1 Å². The molecule has 1 atom stereocenters. The molecule has 0 saturated heterocycles. The van der Waals surface area contributed by atoms with Crippen molar-refractivity contribution >= 4 is 15.9 Å². The van der Waals surface area contributed by atoms with Gasteiger partial charge in [0.05, 0.1) is 6.07 Å². The Balaban J connectivity index is 2.54. The van der Waals surface area contributed by atoms with Crippen LogP contribution in [0.1, 0.15) is 17.3 Å². The first-order valence-electron chi connectivity index (χ1n) is 4.95. The Morgan fingerprint density at radius 1 is 1.53 bits per heavy atom. The van der Waals surface area contributed by atoms with E-state index in [1.165, 1.54) is 6.07 Å². The molecule has 0 fully saturated rings. The molecule has 2 rings (SSSR count). The lowest BCUT2D eigenvalue weighted by Gasteiger charge is -2.10. The lowest BCUT2D eigenvalue weighted by atomic mass is 9.99. The first-order valence-corrected chi connectivity index (χ1v) is 5.74. The molecule has 3 nitrogen and oxygen atoms in total. The van der Waals surface area contributed by atoms with Crippen molar-refractivity contribution in [3.05, 3.63) is 52.3 Å². The second kappa shape index (κ2) is 4.68. The SMILES string of the molecule is Cn1ccnc1C(C#N)c1cc(Br)ccc1F. The summed E-state index contributed by atoms with van der Waals surface area (Å²) in [6, 6.07) is 6.64. The van der Waals surface area contributed by atoms with E-state index in [4.69, 9.17) is 0 Å². The van der Waals surface area contributed by atoms with Crippen LogP contribution in [-0.2, 0) is 7.05 Å². The van der Waals surface area contributed by atoms with Gasteiger partial charge in [-0.1, -0.05) is 15.9 Å². The summed E-state index contributed by atoms with van der Waals surface area (Å²) < 4.78 is 16.2. The van der Waals surface area contributed by atoms with Crippen molar-refractivity contribution in [3.8, 4) is 6.07 Å². The quantitative estimate of drug-likeness (QED) is 0.854. The number of aromatic nitrogens is 2. The van der Waals surface area contributed by atoms with Crippen LogP contribution in [0.5, 0.6) is 0 Å². The number of hydrogen-bond acceptors (Lipinski definition) is 2. The molecule has 1 heterocycles. The largest absolute Gasteiger partial charge is 0.337 e. The molecular weight excluding hydrogens is 285 g/mol. The van der Waals surface area contributed by atoms with Crippen LogP contribution in [-0.4, -0.2) is 9.55 Å². The van der Waals surface area contributed by atoms with Gasteiger partial charge in [-0.15, -0.1) is 0 Å². The van der Waals surface area contributed by atoms with Crippen LogP contribution < -0.4 is 0 Å². The molecule has 17 heavy (non-hydrogen) atoms. The van der Waals surface area contributed by atoms with Crippen molar-refractivity contribution in [1.82, 2.24) is 9.55 Å². The molecule has 0 radical (unpaired) electrons. The normalized spacial score (nSPS) is 12.1. The summed E-state index contributed by atoms with van der Waals surface area (Å²) in [5.41, 5.74) is 0.330. The Morgan fingerprint density at radius 3 is 2.88 bits per heavy atom. The van der Waals surface area contributed by atoms with Gasteiger partial charge >= 0.3 is 0 Å². The van der Waals surface area contributed by atoms with Gasteiger partial charge < -0.3 is 4.57 Å². The average Bonchev–Trinajstić information content (AvgIpc) is 2.71. The molecule has 0 saturated carbocycles. The van der Waals surface area contributed by atoms with Gasteiger partial charge in [0.15, 0.2) is 0 Å². The summed E-state index contributed by atoms with van der Waals surface area (Å²) in [7, 11) is 1.78. The molecule has 1 aromatic heterocycles. The molecule has 1 unspecified atom stereocenters. The van der Waals surface area contributed by atoms with Crippen LogP contribution in [0.25, 0.3) is 0 Å². The van der Waals surface area contributed by atoms with Gasteiger partial charge in [-0.3, -0.25) is 0 Å². The van der Waals surface area contributed by atoms with Crippen LogP contribution in [0.4, 0.5) is 4.39 Å². The predicted octanol–water partition coefficient (Wildman–Crippen LogP) is 2.98. The number of nitriles is 1. The second-order valence-electron chi connectivity index (χ2n) is 3.62. The predicted molar refractivity (Wildman–Crippen MR) is 64.8 cm³/mol. The highest BCUT2D eigenvalue weighted by Crippen LogP contribution is 2.27. The van der Waals surface area contributed by atoms with Gasteiger partial charge in [-0.2, -0.15) is 5.26 Å². The van der Waals surface area contributed by atoms with Gasteiger partial charge in [0.2, 0.25) is 0 Å². The summed E-state index contributed by atoms with van der Waals surface area (Å²) in [5.74, 6) is -0.570. The highest BCUT2D eigenvalue weighted by molar-refractivity contribution is 9.10.